The van der Waals surface area contributed by atoms with Gasteiger partial charge in [-0.2, -0.15) is 0 Å². The quantitative estimate of drug-likeness (QED) is 0.401. The first-order valence-corrected chi connectivity index (χ1v) is 9.30. The van der Waals surface area contributed by atoms with Crippen molar-refractivity contribution in [2.75, 3.05) is 0 Å². The first-order chi connectivity index (χ1) is 13.7. The molecule has 140 valence electrons. The van der Waals surface area contributed by atoms with Crippen LogP contribution in [0.2, 0.25) is 10.0 Å². The van der Waals surface area contributed by atoms with Gasteiger partial charge in [0.1, 0.15) is 17.2 Å². The highest BCUT2D eigenvalue weighted by Crippen LogP contribution is 2.39. The third kappa shape index (κ3) is 3.62. The molecular weight excluding hydrogens is 397 g/mol. The summed E-state index contributed by atoms with van der Waals surface area (Å²) in [5.41, 5.74) is 2.38. The molecule has 6 heteroatoms. The lowest BCUT2D eigenvalue weighted by atomic mass is 10.0. The first-order valence-electron chi connectivity index (χ1n) is 8.54. The summed E-state index contributed by atoms with van der Waals surface area (Å²) in [6.07, 6.45) is 0. The minimum absolute atomic E-state index is 0.263. The van der Waals surface area contributed by atoms with Gasteiger partial charge in [-0.15, -0.1) is 0 Å². The van der Waals surface area contributed by atoms with Crippen molar-refractivity contribution in [1.82, 2.24) is 5.16 Å². The summed E-state index contributed by atoms with van der Waals surface area (Å²) < 4.78 is 11.4. The maximum absolute atomic E-state index is 9.97. The molecule has 0 aliphatic rings. The minimum Gasteiger partial charge on any atom is -0.457 e. The fraction of sp³-hybridized carbons (Fsp3) is 0.0455. The Morgan fingerprint density at radius 3 is 2.43 bits per heavy atom. The third-order valence-corrected chi connectivity index (χ3v) is 5.05. The van der Waals surface area contributed by atoms with Crippen LogP contribution in [0.1, 0.15) is 5.56 Å². The van der Waals surface area contributed by atoms with Crippen molar-refractivity contribution in [2.24, 2.45) is 0 Å². The van der Waals surface area contributed by atoms with Crippen LogP contribution in [0.15, 0.2) is 77.3 Å². The molecule has 1 heterocycles. The first kappa shape index (κ1) is 18.6. The van der Waals surface area contributed by atoms with E-state index >= 15 is 0 Å². The summed E-state index contributed by atoms with van der Waals surface area (Å²) >= 11 is 12.4. The van der Waals surface area contributed by atoms with E-state index in [1.807, 2.05) is 54.6 Å². The van der Waals surface area contributed by atoms with Crippen LogP contribution >= 0.6 is 23.2 Å². The monoisotopic (exact) mass is 411 g/mol. The van der Waals surface area contributed by atoms with E-state index in [0.29, 0.717) is 38.4 Å². The van der Waals surface area contributed by atoms with E-state index in [2.05, 4.69) is 5.16 Å². The highest BCUT2D eigenvalue weighted by atomic mass is 35.5. The number of nitrogens with zero attached hydrogens (tertiary/aromatic N) is 1. The van der Waals surface area contributed by atoms with Crippen molar-refractivity contribution in [3.8, 4) is 34.1 Å². The highest BCUT2D eigenvalue weighted by Gasteiger charge is 2.21. The van der Waals surface area contributed by atoms with E-state index in [4.69, 9.17) is 32.5 Å². The standard InChI is InChI=1S/C22H15Cl2NO3/c23-19-11-5-10-17(20(19)24)22-18(13-26)21(25-28-22)14-6-4-9-16(12-14)27-15-7-2-1-3-8-15/h1-12,26H,13H2. The zero-order chi connectivity index (χ0) is 19.5. The number of benzene rings is 3. The molecule has 0 spiro atoms. The summed E-state index contributed by atoms with van der Waals surface area (Å²) in [5, 5.41) is 14.9. The zero-order valence-corrected chi connectivity index (χ0v) is 16.1. The maximum atomic E-state index is 9.97. The lowest BCUT2D eigenvalue weighted by Gasteiger charge is -2.07. The minimum atomic E-state index is -0.263. The van der Waals surface area contributed by atoms with Crippen molar-refractivity contribution in [2.45, 2.75) is 6.61 Å². The van der Waals surface area contributed by atoms with Crippen molar-refractivity contribution in [3.63, 3.8) is 0 Å². The van der Waals surface area contributed by atoms with Gasteiger partial charge in [0.25, 0.3) is 0 Å². The van der Waals surface area contributed by atoms with E-state index in [-0.39, 0.29) is 6.61 Å². The van der Waals surface area contributed by atoms with Gasteiger partial charge in [-0.1, -0.05) is 64.8 Å². The molecule has 0 unspecified atom stereocenters. The van der Waals surface area contributed by atoms with Crippen LogP contribution in [0, 0.1) is 0 Å². The molecule has 0 fully saturated rings. The lowest BCUT2D eigenvalue weighted by molar-refractivity contribution is 0.281. The third-order valence-electron chi connectivity index (χ3n) is 4.23. The van der Waals surface area contributed by atoms with E-state index in [9.17, 15) is 5.11 Å². The van der Waals surface area contributed by atoms with Crippen LogP contribution in [-0.4, -0.2) is 10.3 Å². The summed E-state index contributed by atoms with van der Waals surface area (Å²) in [5.74, 6) is 1.77. The van der Waals surface area contributed by atoms with Crippen molar-refractivity contribution in [3.05, 3.63) is 88.4 Å². The molecule has 4 nitrogen and oxygen atoms in total. The number of hydrogen-bond acceptors (Lipinski definition) is 4. The van der Waals surface area contributed by atoms with E-state index in [1.165, 1.54) is 0 Å². The number of aliphatic hydroxyl groups is 1. The van der Waals surface area contributed by atoms with Crippen LogP contribution < -0.4 is 4.74 Å². The molecule has 4 aromatic rings. The van der Waals surface area contributed by atoms with Crippen molar-refractivity contribution < 1.29 is 14.4 Å². The topological polar surface area (TPSA) is 55.5 Å². The van der Waals surface area contributed by atoms with Crippen LogP contribution in [0.4, 0.5) is 0 Å². The average Bonchev–Trinajstić information content (AvgIpc) is 3.15. The molecular formula is C22H15Cl2NO3. The van der Waals surface area contributed by atoms with E-state index < -0.39 is 0 Å². The second-order valence-electron chi connectivity index (χ2n) is 6.04. The van der Waals surface area contributed by atoms with Gasteiger partial charge in [-0.05, 0) is 36.4 Å². The predicted molar refractivity (Wildman–Crippen MR) is 110 cm³/mol. The number of ether oxygens (including phenoxy) is 1. The van der Waals surface area contributed by atoms with Gasteiger partial charge in [0.05, 0.1) is 22.2 Å². The summed E-state index contributed by atoms with van der Waals surface area (Å²) in [7, 11) is 0. The molecule has 28 heavy (non-hydrogen) atoms. The molecule has 0 bridgehead atoms. The fourth-order valence-electron chi connectivity index (χ4n) is 2.91. The second kappa shape index (κ2) is 8.07. The molecule has 0 saturated heterocycles. The number of para-hydroxylation sites is 1. The van der Waals surface area contributed by atoms with Crippen LogP contribution in [0.25, 0.3) is 22.6 Å². The van der Waals surface area contributed by atoms with Gasteiger partial charge in [-0.3, -0.25) is 0 Å². The molecule has 1 aromatic heterocycles. The Kier molecular flexibility index (Phi) is 5.35. The Morgan fingerprint density at radius 2 is 1.64 bits per heavy atom. The Hall–Kier alpha value is -2.79. The van der Waals surface area contributed by atoms with Gasteiger partial charge >= 0.3 is 0 Å². The molecule has 0 aliphatic carbocycles. The number of rotatable bonds is 5. The molecule has 0 aliphatic heterocycles. The van der Waals surface area contributed by atoms with Gasteiger partial charge < -0.3 is 14.4 Å². The molecule has 0 saturated carbocycles. The van der Waals surface area contributed by atoms with Gasteiger partial charge in [0, 0.05) is 11.1 Å². The van der Waals surface area contributed by atoms with E-state index in [0.717, 1.165) is 11.3 Å². The fourth-order valence-corrected chi connectivity index (χ4v) is 3.29. The molecule has 0 radical (unpaired) electrons. The largest absolute Gasteiger partial charge is 0.457 e. The molecule has 3 aromatic carbocycles. The summed E-state index contributed by atoms with van der Waals surface area (Å²) in [6, 6.07) is 22.1. The second-order valence-corrected chi connectivity index (χ2v) is 6.83. The summed E-state index contributed by atoms with van der Waals surface area (Å²) in [6.45, 7) is -0.263. The highest BCUT2D eigenvalue weighted by molar-refractivity contribution is 6.43. The zero-order valence-electron chi connectivity index (χ0n) is 14.6. The number of aliphatic hydroxyl groups excluding tert-OH is 1. The van der Waals surface area contributed by atoms with Gasteiger partial charge in [0.15, 0.2) is 5.76 Å². The average molecular weight is 412 g/mol. The Morgan fingerprint density at radius 1 is 0.893 bits per heavy atom. The van der Waals surface area contributed by atoms with Gasteiger partial charge in [-0.25, -0.2) is 0 Å². The van der Waals surface area contributed by atoms with E-state index in [1.54, 1.807) is 18.2 Å². The smallest absolute Gasteiger partial charge is 0.174 e. The van der Waals surface area contributed by atoms with Crippen molar-refractivity contribution >= 4 is 23.2 Å². The molecule has 1 N–H and O–H groups in total. The molecule has 4 rings (SSSR count). The van der Waals surface area contributed by atoms with Crippen LogP contribution in [0.5, 0.6) is 11.5 Å². The lowest BCUT2D eigenvalue weighted by Crippen LogP contribution is -1.91. The number of halogens is 2. The Bertz CT molecular complexity index is 1110. The van der Waals surface area contributed by atoms with Crippen molar-refractivity contribution in [1.29, 1.82) is 0 Å². The number of aromatic nitrogens is 1. The SMILES string of the molecule is OCc1c(-c2cccc(Oc3ccccc3)c2)noc1-c1cccc(Cl)c1Cl. The maximum Gasteiger partial charge on any atom is 0.174 e. The van der Waals surface area contributed by atoms with Crippen LogP contribution in [-0.2, 0) is 6.61 Å². The molecule has 0 atom stereocenters. The Balaban J connectivity index is 1.73. The Labute approximate surface area is 171 Å². The summed E-state index contributed by atoms with van der Waals surface area (Å²) in [4.78, 5) is 0. The molecule has 0 amide bonds. The normalized spacial score (nSPS) is 10.8. The predicted octanol–water partition coefficient (Wildman–Crippen LogP) is 6.60. The van der Waals surface area contributed by atoms with Gasteiger partial charge in [0.2, 0.25) is 0 Å². The van der Waals surface area contributed by atoms with Crippen LogP contribution in [0.3, 0.4) is 0 Å². The number of hydrogen-bond donors (Lipinski definition) is 1.